The number of carbonyl (C=O) groups is 2. The van der Waals surface area contributed by atoms with Gasteiger partial charge in [0.15, 0.2) is 5.65 Å². The maximum atomic E-state index is 14.5. The molecule has 1 aliphatic carbocycles. The number of nitrogens with one attached hydrogen (secondary N) is 1. The van der Waals surface area contributed by atoms with Crippen LogP contribution in [0.2, 0.25) is 0 Å². The van der Waals surface area contributed by atoms with Crippen LogP contribution in [0.5, 0.6) is 0 Å². The van der Waals surface area contributed by atoms with E-state index in [4.69, 9.17) is 10.5 Å². The van der Waals surface area contributed by atoms with Crippen molar-refractivity contribution in [1.82, 2.24) is 28.8 Å². The molecule has 14 heteroatoms. The molecular formula is C39H37F2N7O5. The van der Waals surface area contributed by atoms with Crippen LogP contribution in [0, 0.1) is 17.0 Å². The van der Waals surface area contributed by atoms with Crippen LogP contribution in [0.3, 0.4) is 0 Å². The second-order valence-electron chi connectivity index (χ2n) is 14.4. The van der Waals surface area contributed by atoms with Crippen LogP contribution in [0.1, 0.15) is 74.7 Å². The molecule has 1 fully saturated rings. The number of fused-ring (bicyclic) bond motifs is 2. The number of halogens is 2. The normalized spacial score (nSPS) is 16.8. The molecule has 272 valence electrons. The minimum absolute atomic E-state index is 0.0232. The fourth-order valence-electron chi connectivity index (χ4n) is 7.08. The molecule has 2 aromatic carbocycles. The zero-order chi connectivity index (χ0) is 37.6. The molecule has 2 amide bonds. The third-order valence-electron chi connectivity index (χ3n) is 9.61. The van der Waals surface area contributed by atoms with Crippen LogP contribution in [-0.2, 0) is 4.74 Å². The molecule has 0 bridgehead atoms. The van der Waals surface area contributed by atoms with Crippen LogP contribution in [0.4, 0.5) is 13.6 Å². The van der Waals surface area contributed by atoms with Crippen molar-refractivity contribution < 1.29 is 23.1 Å². The van der Waals surface area contributed by atoms with Crippen LogP contribution in [0.25, 0.3) is 33.5 Å². The standard InChI is InChI=1S/C39H37F2N7O5/c1-39(2,3)33(53-37(42)51)23-9-7-22(8-10-23)24-5-4-6-29(17-24)47-34-30(18-26(41)19-43-34)36(50)48(38(47)52)28-14-12-27(13-15-28)44-35(49)31-21-46-20-25(40)11-16-32(46)45-31/h4-11,16-21,27-28,33H,12-15H2,1-3H3,(H2,42,51)(H,44,49). The zero-order valence-corrected chi connectivity index (χ0v) is 29.3. The van der Waals surface area contributed by atoms with Gasteiger partial charge in [-0.1, -0.05) is 57.2 Å². The molecule has 0 aliphatic heterocycles. The van der Waals surface area contributed by atoms with E-state index >= 15 is 0 Å². The zero-order valence-electron chi connectivity index (χ0n) is 29.3. The SMILES string of the molecule is CC(C)(C)C(OC(N)=O)c1ccc(-c2cccc(-n3c(=O)n(C4CCC(NC(=O)c5cn6cc(F)ccc6n5)CC4)c(=O)c4cc(F)cnc43)c2)cc1. The van der Waals surface area contributed by atoms with Gasteiger partial charge in [-0.05, 0) is 72.7 Å². The van der Waals surface area contributed by atoms with E-state index < -0.39 is 52.4 Å². The van der Waals surface area contributed by atoms with Crippen molar-refractivity contribution in [3.63, 3.8) is 0 Å². The average molecular weight is 722 g/mol. The lowest BCUT2D eigenvalue weighted by Gasteiger charge is -2.30. The second-order valence-corrected chi connectivity index (χ2v) is 14.4. The lowest BCUT2D eigenvalue weighted by Crippen LogP contribution is -2.45. The number of imidazole rings is 1. The Kier molecular flexibility index (Phi) is 9.14. The molecule has 0 radical (unpaired) electrons. The van der Waals surface area contributed by atoms with Crippen molar-refractivity contribution in [2.75, 3.05) is 0 Å². The molecule has 1 aliphatic rings. The first-order valence-corrected chi connectivity index (χ1v) is 17.2. The number of aromatic nitrogens is 5. The van der Waals surface area contributed by atoms with Gasteiger partial charge in [0.05, 0.1) is 17.3 Å². The summed E-state index contributed by atoms with van der Waals surface area (Å²) in [5.41, 5.74) is 7.02. The van der Waals surface area contributed by atoms with E-state index in [0.717, 1.165) is 29.0 Å². The van der Waals surface area contributed by atoms with Gasteiger partial charge in [0.2, 0.25) is 0 Å². The maximum Gasteiger partial charge on any atom is 0.405 e. The first-order valence-electron chi connectivity index (χ1n) is 17.2. The summed E-state index contributed by atoms with van der Waals surface area (Å²) in [6.45, 7) is 5.83. The second kappa shape index (κ2) is 13.7. The predicted octanol–water partition coefficient (Wildman–Crippen LogP) is 6.24. The van der Waals surface area contributed by atoms with Crippen molar-refractivity contribution in [2.24, 2.45) is 11.1 Å². The number of pyridine rings is 2. The third kappa shape index (κ3) is 7.04. The van der Waals surface area contributed by atoms with E-state index in [1.165, 1.54) is 38.1 Å². The molecule has 3 N–H and O–H groups in total. The Morgan fingerprint density at radius 1 is 0.925 bits per heavy atom. The molecule has 1 saturated carbocycles. The summed E-state index contributed by atoms with van der Waals surface area (Å²) in [6, 6.07) is 17.7. The summed E-state index contributed by atoms with van der Waals surface area (Å²) in [5, 5.41) is 2.93. The first-order chi connectivity index (χ1) is 25.3. The topological polar surface area (TPSA) is 156 Å². The number of hydrogen-bond donors (Lipinski definition) is 2. The number of carbonyl (C=O) groups excluding carboxylic acids is 2. The lowest BCUT2D eigenvalue weighted by molar-refractivity contribution is 0.0360. The number of primary amides is 1. The molecule has 1 unspecified atom stereocenters. The summed E-state index contributed by atoms with van der Waals surface area (Å²) in [6.07, 6.45) is 3.95. The highest BCUT2D eigenvalue weighted by atomic mass is 19.1. The van der Waals surface area contributed by atoms with Crippen LogP contribution < -0.4 is 22.3 Å². The van der Waals surface area contributed by atoms with Gasteiger partial charge in [-0.15, -0.1) is 0 Å². The van der Waals surface area contributed by atoms with Crippen molar-refractivity contribution in [3.8, 4) is 16.8 Å². The minimum atomic E-state index is -0.867. The van der Waals surface area contributed by atoms with Gasteiger partial charge in [0.1, 0.15) is 29.1 Å². The van der Waals surface area contributed by atoms with Gasteiger partial charge in [-0.25, -0.2) is 32.9 Å². The highest BCUT2D eigenvalue weighted by molar-refractivity contribution is 5.93. The van der Waals surface area contributed by atoms with Gasteiger partial charge in [-0.3, -0.25) is 14.2 Å². The lowest BCUT2D eigenvalue weighted by atomic mass is 9.84. The molecule has 7 rings (SSSR count). The van der Waals surface area contributed by atoms with Crippen molar-refractivity contribution in [3.05, 3.63) is 129 Å². The molecular weight excluding hydrogens is 684 g/mol. The van der Waals surface area contributed by atoms with Crippen molar-refractivity contribution in [1.29, 1.82) is 0 Å². The summed E-state index contributed by atoms with van der Waals surface area (Å²) in [7, 11) is 0. The molecule has 12 nitrogen and oxygen atoms in total. The number of rotatable bonds is 7. The Hall–Kier alpha value is -6.18. The smallest absolute Gasteiger partial charge is 0.405 e. The molecule has 1 atom stereocenters. The summed E-state index contributed by atoms with van der Waals surface area (Å²) >= 11 is 0. The highest BCUT2D eigenvalue weighted by Gasteiger charge is 2.30. The number of hydrogen-bond acceptors (Lipinski definition) is 7. The summed E-state index contributed by atoms with van der Waals surface area (Å²) in [4.78, 5) is 61.2. The Morgan fingerprint density at radius 2 is 1.66 bits per heavy atom. The van der Waals surface area contributed by atoms with Gasteiger partial charge >= 0.3 is 11.8 Å². The maximum absolute atomic E-state index is 14.5. The van der Waals surface area contributed by atoms with E-state index in [2.05, 4.69) is 15.3 Å². The Bertz CT molecular complexity index is 2490. The van der Waals surface area contributed by atoms with E-state index in [0.29, 0.717) is 37.0 Å². The largest absolute Gasteiger partial charge is 0.441 e. The summed E-state index contributed by atoms with van der Waals surface area (Å²) in [5.74, 6) is -1.58. The Morgan fingerprint density at radius 3 is 2.36 bits per heavy atom. The van der Waals surface area contributed by atoms with E-state index in [9.17, 15) is 28.0 Å². The first kappa shape index (κ1) is 35.2. The number of amides is 2. The number of benzene rings is 2. The fourth-order valence-corrected chi connectivity index (χ4v) is 7.08. The van der Waals surface area contributed by atoms with Crippen molar-refractivity contribution >= 4 is 28.7 Å². The molecule has 0 spiro atoms. The van der Waals surface area contributed by atoms with E-state index in [1.54, 1.807) is 18.2 Å². The Labute approximate surface area is 301 Å². The number of nitrogens with two attached hydrogens (primary N) is 1. The Balaban J connectivity index is 1.17. The average Bonchev–Trinajstić information content (AvgIpc) is 3.55. The highest BCUT2D eigenvalue weighted by Crippen LogP contribution is 2.37. The molecule has 6 aromatic rings. The van der Waals surface area contributed by atoms with E-state index in [-0.39, 0.29) is 22.8 Å². The van der Waals surface area contributed by atoms with Gasteiger partial charge in [-0.2, -0.15) is 0 Å². The fraction of sp³-hybridized carbons (Fsp3) is 0.282. The third-order valence-corrected chi connectivity index (χ3v) is 9.61. The van der Waals surface area contributed by atoms with Crippen LogP contribution in [0.15, 0.2) is 94.9 Å². The molecule has 53 heavy (non-hydrogen) atoms. The number of nitrogens with zero attached hydrogens (tertiary/aromatic N) is 5. The molecule has 0 saturated heterocycles. The predicted molar refractivity (Wildman–Crippen MR) is 194 cm³/mol. The minimum Gasteiger partial charge on any atom is -0.441 e. The van der Waals surface area contributed by atoms with Gasteiger partial charge in [0, 0.05) is 29.9 Å². The van der Waals surface area contributed by atoms with Gasteiger partial charge < -0.3 is 20.2 Å². The van der Waals surface area contributed by atoms with E-state index in [1.807, 2.05) is 51.1 Å². The molecule has 4 heterocycles. The number of ether oxygens (including phenoxy) is 1. The monoisotopic (exact) mass is 721 g/mol. The van der Waals surface area contributed by atoms with Crippen molar-refractivity contribution in [2.45, 2.75) is 64.6 Å². The van der Waals surface area contributed by atoms with Crippen LogP contribution >= 0.6 is 0 Å². The molecule has 4 aromatic heterocycles. The van der Waals surface area contributed by atoms with Gasteiger partial charge in [0.25, 0.3) is 11.5 Å². The quantitative estimate of drug-likeness (QED) is 0.198. The van der Waals surface area contributed by atoms with Crippen LogP contribution in [-0.4, -0.2) is 41.5 Å². The summed E-state index contributed by atoms with van der Waals surface area (Å²) < 4.78 is 37.5.